The van der Waals surface area contributed by atoms with Gasteiger partial charge in [-0.3, -0.25) is 0 Å². The molecule has 94 valence electrons. The van der Waals surface area contributed by atoms with Gasteiger partial charge in [-0.2, -0.15) is 0 Å². The van der Waals surface area contributed by atoms with Gasteiger partial charge in [-0.25, -0.2) is 0 Å². The molecule has 1 aliphatic heterocycles. The molecule has 1 saturated heterocycles. The number of rotatable bonds is 3. The van der Waals surface area contributed by atoms with Crippen molar-refractivity contribution in [2.24, 2.45) is 0 Å². The molecule has 1 heterocycles. The first kappa shape index (κ1) is 12.5. The fourth-order valence-corrected chi connectivity index (χ4v) is 2.52. The predicted molar refractivity (Wildman–Crippen MR) is 72.7 cm³/mol. The van der Waals surface area contributed by atoms with Crippen molar-refractivity contribution in [3.05, 3.63) is 23.2 Å². The van der Waals surface area contributed by atoms with E-state index in [-0.39, 0.29) is 0 Å². The fourth-order valence-electron chi connectivity index (χ4n) is 2.19. The first-order chi connectivity index (χ1) is 8.16. The highest BCUT2D eigenvalue weighted by atomic mass is 35.5. The molecule has 2 N–H and O–H groups in total. The Hall–Kier alpha value is -0.930. The van der Waals surface area contributed by atoms with E-state index in [1.807, 2.05) is 19.2 Å². The smallest absolute Gasteiger partial charge is 0.0749 e. The number of nitrogens with zero attached hydrogens (tertiary/aromatic N) is 1. The number of ether oxygens (including phenoxy) is 1. The lowest BCUT2D eigenvalue weighted by Crippen LogP contribution is -2.33. The minimum atomic E-state index is 0.322. The third-order valence-electron chi connectivity index (χ3n) is 3.13. The van der Waals surface area contributed by atoms with Crippen molar-refractivity contribution in [1.29, 1.82) is 0 Å². The Morgan fingerprint density at radius 3 is 2.94 bits per heavy atom. The molecule has 0 saturated carbocycles. The maximum absolute atomic E-state index is 6.18. The van der Waals surface area contributed by atoms with Gasteiger partial charge in [0, 0.05) is 25.9 Å². The molecule has 0 aliphatic carbocycles. The number of likely N-dealkylation sites (N-methyl/N-ethyl adjacent to an activating group) is 1. The van der Waals surface area contributed by atoms with E-state index < -0.39 is 0 Å². The standard InChI is InChI=1S/C13H19ClN2O/c1-16(9-11-4-2-3-7-17-11)13-6-5-10(15)8-12(13)14/h5-6,8,11H,2-4,7,9,15H2,1H3. The van der Waals surface area contributed by atoms with Gasteiger partial charge in [0.1, 0.15) is 0 Å². The van der Waals surface area contributed by atoms with Gasteiger partial charge >= 0.3 is 0 Å². The molecule has 0 radical (unpaired) electrons. The van der Waals surface area contributed by atoms with Gasteiger partial charge in [-0.05, 0) is 37.5 Å². The minimum absolute atomic E-state index is 0.322. The second-order valence-corrected chi connectivity index (χ2v) is 4.99. The molecule has 2 rings (SSSR count). The summed E-state index contributed by atoms with van der Waals surface area (Å²) in [5.74, 6) is 0. The Labute approximate surface area is 107 Å². The van der Waals surface area contributed by atoms with Gasteiger partial charge in [-0.15, -0.1) is 0 Å². The summed E-state index contributed by atoms with van der Waals surface area (Å²) in [6.07, 6.45) is 3.90. The van der Waals surface area contributed by atoms with Crippen molar-refractivity contribution in [3.8, 4) is 0 Å². The van der Waals surface area contributed by atoms with Crippen LogP contribution in [-0.2, 0) is 4.74 Å². The Morgan fingerprint density at radius 2 is 2.29 bits per heavy atom. The second-order valence-electron chi connectivity index (χ2n) is 4.58. The number of hydrogen-bond donors (Lipinski definition) is 1. The average Bonchev–Trinajstić information content (AvgIpc) is 2.30. The number of nitrogens with two attached hydrogens (primary N) is 1. The van der Waals surface area contributed by atoms with E-state index in [1.165, 1.54) is 12.8 Å². The van der Waals surface area contributed by atoms with Crippen LogP contribution in [0.2, 0.25) is 5.02 Å². The number of halogens is 1. The molecule has 1 atom stereocenters. The third kappa shape index (κ3) is 3.27. The summed E-state index contributed by atoms with van der Waals surface area (Å²) in [6.45, 7) is 1.76. The summed E-state index contributed by atoms with van der Waals surface area (Å²) in [7, 11) is 2.04. The molecular formula is C13H19ClN2O. The first-order valence-electron chi connectivity index (χ1n) is 6.04. The number of anilines is 2. The maximum atomic E-state index is 6.18. The maximum Gasteiger partial charge on any atom is 0.0749 e. The van der Waals surface area contributed by atoms with Gasteiger partial charge in [0.2, 0.25) is 0 Å². The topological polar surface area (TPSA) is 38.5 Å². The molecule has 0 spiro atoms. The van der Waals surface area contributed by atoms with Crippen molar-refractivity contribution in [2.75, 3.05) is 30.8 Å². The molecule has 0 amide bonds. The summed E-state index contributed by atoms with van der Waals surface area (Å²) in [6, 6.07) is 5.62. The Bertz CT molecular complexity index is 378. The number of nitrogen functional groups attached to an aromatic ring is 1. The van der Waals surface area contributed by atoms with Crippen LogP contribution in [-0.4, -0.2) is 26.3 Å². The summed E-state index contributed by atoms with van der Waals surface area (Å²) in [4.78, 5) is 2.14. The van der Waals surface area contributed by atoms with Crippen molar-refractivity contribution in [2.45, 2.75) is 25.4 Å². The van der Waals surface area contributed by atoms with Crippen molar-refractivity contribution < 1.29 is 4.74 Å². The van der Waals surface area contributed by atoms with Crippen LogP contribution < -0.4 is 10.6 Å². The predicted octanol–water partition coefficient (Wildman–Crippen LogP) is 2.93. The number of hydrogen-bond acceptors (Lipinski definition) is 3. The van der Waals surface area contributed by atoms with E-state index in [4.69, 9.17) is 22.1 Å². The van der Waals surface area contributed by atoms with Crippen LogP contribution in [0.25, 0.3) is 0 Å². The van der Waals surface area contributed by atoms with Crippen LogP contribution in [0.1, 0.15) is 19.3 Å². The summed E-state index contributed by atoms with van der Waals surface area (Å²) in [5, 5.41) is 0.698. The monoisotopic (exact) mass is 254 g/mol. The normalized spacial score (nSPS) is 20.2. The number of benzene rings is 1. The van der Waals surface area contributed by atoms with Crippen LogP contribution >= 0.6 is 11.6 Å². The Balaban J connectivity index is 2.00. The Kier molecular flexibility index (Phi) is 4.13. The van der Waals surface area contributed by atoms with Crippen molar-refractivity contribution in [1.82, 2.24) is 0 Å². The average molecular weight is 255 g/mol. The van der Waals surface area contributed by atoms with Crippen LogP contribution in [0.4, 0.5) is 11.4 Å². The summed E-state index contributed by atoms with van der Waals surface area (Å²) >= 11 is 6.18. The van der Waals surface area contributed by atoms with E-state index >= 15 is 0 Å². The van der Waals surface area contributed by atoms with E-state index in [0.29, 0.717) is 16.8 Å². The van der Waals surface area contributed by atoms with Crippen LogP contribution in [0, 0.1) is 0 Å². The molecule has 1 aromatic carbocycles. The largest absolute Gasteiger partial charge is 0.399 e. The highest BCUT2D eigenvalue weighted by Crippen LogP contribution is 2.27. The van der Waals surface area contributed by atoms with Gasteiger partial charge in [-0.1, -0.05) is 11.6 Å². The molecule has 1 aromatic rings. The molecule has 1 aliphatic rings. The molecule has 1 fully saturated rings. The summed E-state index contributed by atoms with van der Waals surface area (Å²) in [5.41, 5.74) is 7.39. The molecule has 1 unspecified atom stereocenters. The fraction of sp³-hybridized carbons (Fsp3) is 0.538. The Morgan fingerprint density at radius 1 is 1.47 bits per heavy atom. The van der Waals surface area contributed by atoms with E-state index in [2.05, 4.69) is 4.90 Å². The zero-order valence-electron chi connectivity index (χ0n) is 10.2. The van der Waals surface area contributed by atoms with E-state index in [1.54, 1.807) is 6.07 Å². The van der Waals surface area contributed by atoms with E-state index in [0.717, 1.165) is 25.3 Å². The molecule has 0 aromatic heterocycles. The van der Waals surface area contributed by atoms with Crippen LogP contribution in [0.5, 0.6) is 0 Å². The van der Waals surface area contributed by atoms with Crippen molar-refractivity contribution >= 4 is 23.0 Å². The first-order valence-corrected chi connectivity index (χ1v) is 6.42. The second kappa shape index (κ2) is 5.61. The van der Waals surface area contributed by atoms with Crippen molar-refractivity contribution in [3.63, 3.8) is 0 Å². The lowest BCUT2D eigenvalue weighted by Gasteiger charge is -2.29. The van der Waals surface area contributed by atoms with E-state index in [9.17, 15) is 0 Å². The molecular weight excluding hydrogens is 236 g/mol. The van der Waals surface area contributed by atoms with Gasteiger partial charge < -0.3 is 15.4 Å². The highest BCUT2D eigenvalue weighted by Gasteiger charge is 2.17. The quantitative estimate of drug-likeness (QED) is 0.843. The highest BCUT2D eigenvalue weighted by molar-refractivity contribution is 6.33. The molecule has 0 bridgehead atoms. The van der Waals surface area contributed by atoms with Crippen LogP contribution in [0.15, 0.2) is 18.2 Å². The lowest BCUT2D eigenvalue weighted by atomic mass is 10.1. The van der Waals surface area contributed by atoms with Gasteiger partial charge in [0.25, 0.3) is 0 Å². The lowest BCUT2D eigenvalue weighted by molar-refractivity contribution is 0.0216. The summed E-state index contributed by atoms with van der Waals surface area (Å²) < 4.78 is 5.72. The third-order valence-corrected chi connectivity index (χ3v) is 3.44. The zero-order chi connectivity index (χ0) is 12.3. The van der Waals surface area contributed by atoms with Crippen LogP contribution in [0.3, 0.4) is 0 Å². The zero-order valence-corrected chi connectivity index (χ0v) is 10.9. The minimum Gasteiger partial charge on any atom is -0.399 e. The van der Waals surface area contributed by atoms with Gasteiger partial charge in [0.05, 0.1) is 16.8 Å². The SMILES string of the molecule is CN(CC1CCCCO1)c1ccc(N)cc1Cl. The molecule has 4 heteroatoms. The van der Waals surface area contributed by atoms with Gasteiger partial charge in [0.15, 0.2) is 0 Å². The molecule has 17 heavy (non-hydrogen) atoms. The molecule has 3 nitrogen and oxygen atoms in total.